The van der Waals surface area contributed by atoms with Gasteiger partial charge in [0.25, 0.3) is 11.2 Å². The molecule has 3 aromatic rings. The van der Waals surface area contributed by atoms with Crippen molar-refractivity contribution in [3.05, 3.63) is 79.8 Å². The summed E-state index contributed by atoms with van der Waals surface area (Å²) in [5.41, 5.74) is 0.992. The van der Waals surface area contributed by atoms with Crippen LogP contribution in [-0.4, -0.2) is 14.5 Å². The van der Waals surface area contributed by atoms with Crippen LogP contribution in [-0.2, 0) is 6.54 Å². The van der Waals surface area contributed by atoms with Gasteiger partial charge in [0.15, 0.2) is 0 Å². The molecule has 0 N–H and O–H groups in total. The van der Waals surface area contributed by atoms with Gasteiger partial charge in [-0.2, -0.15) is 0 Å². The van der Waals surface area contributed by atoms with Crippen LogP contribution in [0, 0.1) is 10.1 Å². The number of nitro groups is 1. The Bertz CT molecular complexity index is 937. The highest BCUT2D eigenvalue weighted by Crippen LogP contribution is 2.25. The molecule has 0 amide bonds. The standard InChI is InChI=1S/C15H10ClN3O3/c16-13-5-3-10(15-12(13)2-1-7-17-15)8-18-9-11(19(21)22)4-6-14(18)20/h1-7,9H,8H2. The number of aromatic nitrogens is 2. The molecule has 3 rings (SSSR count). The maximum absolute atomic E-state index is 11.9. The Morgan fingerprint density at radius 1 is 1.23 bits per heavy atom. The molecule has 2 heterocycles. The molecule has 0 atom stereocenters. The van der Waals surface area contributed by atoms with Gasteiger partial charge in [0.05, 0.1) is 23.2 Å². The molecule has 0 aliphatic carbocycles. The van der Waals surface area contributed by atoms with Gasteiger partial charge in [-0.25, -0.2) is 0 Å². The molecule has 7 heteroatoms. The molecule has 0 saturated carbocycles. The van der Waals surface area contributed by atoms with E-state index >= 15 is 0 Å². The van der Waals surface area contributed by atoms with Crippen LogP contribution < -0.4 is 5.56 Å². The lowest BCUT2D eigenvalue weighted by Gasteiger charge is -2.09. The topological polar surface area (TPSA) is 78.0 Å². The van der Waals surface area contributed by atoms with Crippen LogP contribution >= 0.6 is 11.6 Å². The fourth-order valence-corrected chi connectivity index (χ4v) is 2.47. The second kappa shape index (κ2) is 5.57. The summed E-state index contributed by atoms with van der Waals surface area (Å²) < 4.78 is 1.29. The van der Waals surface area contributed by atoms with Crippen LogP contribution in [0.3, 0.4) is 0 Å². The van der Waals surface area contributed by atoms with Crippen LogP contribution in [0.1, 0.15) is 5.56 Å². The van der Waals surface area contributed by atoms with Crippen LogP contribution in [0.4, 0.5) is 5.69 Å². The number of benzene rings is 1. The van der Waals surface area contributed by atoms with Crippen LogP contribution in [0.2, 0.25) is 5.02 Å². The molecule has 6 nitrogen and oxygen atoms in total. The first-order valence-electron chi connectivity index (χ1n) is 6.43. The summed E-state index contributed by atoms with van der Waals surface area (Å²) in [7, 11) is 0. The highest BCUT2D eigenvalue weighted by atomic mass is 35.5. The monoisotopic (exact) mass is 315 g/mol. The van der Waals surface area contributed by atoms with Gasteiger partial charge in [-0.05, 0) is 23.8 Å². The zero-order valence-corrected chi connectivity index (χ0v) is 12.0. The van der Waals surface area contributed by atoms with E-state index in [2.05, 4.69) is 4.98 Å². The quantitative estimate of drug-likeness (QED) is 0.550. The summed E-state index contributed by atoms with van der Waals surface area (Å²) in [5.74, 6) is 0. The number of fused-ring (bicyclic) bond motifs is 1. The number of nitrogens with zero attached hydrogens (tertiary/aromatic N) is 3. The highest BCUT2D eigenvalue weighted by molar-refractivity contribution is 6.35. The van der Waals surface area contributed by atoms with Gasteiger partial charge in [-0.1, -0.05) is 17.7 Å². The lowest BCUT2D eigenvalue weighted by atomic mass is 10.1. The zero-order chi connectivity index (χ0) is 15.7. The van der Waals surface area contributed by atoms with E-state index in [1.807, 2.05) is 6.07 Å². The summed E-state index contributed by atoms with van der Waals surface area (Å²) in [6, 6.07) is 9.48. The Balaban J connectivity index is 2.11. The van der Waals surface area contributed by atoms with E-state index in [9.17, 15) is 14.9 Å². The molecule has 1 aromatic carbocycles. The molecule has 0 bridgehead atoms. The second-order valence-electron chi connectivity index (χ2n) is 4.72. The maximum Gasteiger partial charge on any atom is 0.285 e. The third kappa shape index (κ3) is 2.56. The molecule has 22 heavy (non-hydrogen) atoms. The number of hydrogen-bond donors (Lipinski definition) is 0. The molecule has 0 aliphatic heterocycles. The molecule has 110 valence electrons. The van der Waals surface area contributed by atoms with Crippen LogP contribution in [0.25, 0.3) is 10.9 Å². The predicted octanol–water partition coefficient (Wildman–Crippen LogP) is 3.01. The Labute approximate surface area is 129 Å². The molecule has 2 aromatic heterocycles. The van der Waals surface area contributed by atoms with Gasteiger partial charge in [-0.3, -0.25) is 19.9 Å². The largest absolute Gasteiger partial charge is 0.304 e. The Kier molecular flexibility index (Phi) is 3.60. The van der Waals surface area contributed by atoms with Crippen molar-refractivity contribution in [1.29, 1.82) is 0 Å². The van der Waals surface area contributed by atoms with E-state index in [-0.39, 0.29) is 17.8 Å². The van der Waals surface area contributed by atoms with Crippen molar-refractivity contribution in [3.63, 3.8) is 0 Å². The molecular formula is C15H10ClN3O3. The van der Waals surface area contributed by atoms with Gasteiger partial charge in [0, 0.05) is 28.7 Å². The van der Waals surface area contributed by atoms with Crippen molar-refractivity contribution in [3.8, 4) is 0 Å². The van der Waals surface area contributed by atoms with E-state index in [1.54, 1.807) is 24.4 Å². The van der Waals surface area contributed by atoms with Gasteiger partial charge in [-0.15, -0.1) is 0 Å². The summed E-state index contributed by atoms with van der Waals surface area (Å²) in [6.07, 6.45) is 2.87. The van der Waals surface area contributed by atoms with E-state index in [1.165, 1.54) is 22.9 Å². The average molecular weight is 316 g/mol. The van der Waals surface area contributed by atoms with Crippen molar-refractivity contribution >= 4 is 28.2 Å². The molecule has 0 fully saturated rings. The third-order valence-electron chi connectivity index (χ3n) is 3.32. The lowest BCUT2D eigenvalue weighted by molar-refractivity contribution is -0.385. The fraction of sp³-hybridized carbons (Fsp3) is 0.0667. The number of rotatable bonds is 3. The number of hydrogen-bond acceptors (Lipinski definition) is 4. The van der Waals surface area contributed by atoms with Gasteiger partial charge < -0.3 is 4.57 Å². The first-order valence-corrected chi connectivity index (χ1v) is 6.81. The van der Waals surface area contributed by atoms with E-state index in [0.29, 0.717) is 10.5 Å². The molecule has 0 saturated heterocycles. The van der Waals surface area contributed by atoms with Gasteiger partial charge >= 0.3 is 0 Å². The van der Waals surface area contributed by atoms with E-state index in [4.69, 9.17) is 11.6 Å². The van der Waals surface area contributed by atoms with E-state index in [0.717, 1.165) is 10.9 Å². The third-order valence-corrected chi connectivity index (χ3v) is 3.65. The zero-order valence-electron chi connectivity index (χ0n) is 11.3. The fourth-order valence-electron chi connectivity index (χ4n) is 2.26. The van der Waals surface area contributed by atoms with Crippen molar-refractivity contribution in [2.45, 2.75) is 6.54 Å². The van der Waals surface area contributed by atoms with Crippen molar-refractivity contribution in [2.24, 2.45) is 0 Å². The first kappa shape index (κ1) is 14.2. The van der Waals surface area contributed by atoms with Crippen LogP contribution in [0.15, 0.2) is 53.6 Å². The maximum atomic E-state index is 11.9. The summed E-state index contributed by atoms with van der Waals surface area (Å²) in [6.45, 7) is 0.186. The Hall–Kier alpha value is -2.73. The summed E-state index contributed by atoms with van der Waals surface area (Å²) in [4.78, 5) is 26.5. The minimum Gasteiger partial charge on any atom is -0.304 e. The van der Waals surface area contributed by atoms with Crippen molar-refractivity contribution in [1.82, 2.24) is 9.55 Å². The summed E-state index contributed by atoms with van der Waals surface area (Å²) >= 11 is 6.13. The SMILES string of the molecule is O=c1ccc([N+](=O)[O-])cn1Cc1ccc(Cl)c2cccnc12. The highest BCUT2D eigenvalue weighted by Gasteiger charge is 2.11. The van der Waals surface area contributed by atoms with Crippen molar-refractivity contribution in [2.75, 3.05) is 0 Å². The number of pyridine rings is 2. The Morgan fingerprint density at radius 3 is 2.82 bits per heavy atom. The molecule has 0 unspecified atom stereocenters. The molecular weight excluding hydrogens is 306 g/mol. The van der Waals surface area contributed by atoms with Gasteiger partial charge in [0.1, 0.15) is 0 Å². The minimum absolute atomic E-state index is 0.133. The Morgan fingerprint density at radius 2 is 2.05 bits per heavy atom. The summed E-state index contributed by atoms with van der Waals surface area (Å²) in [5, 5.41) is 12.2. The normalized spacial score (nSPS) is 10.8. The number of halogens is 1. The van der Waals surface area contributed by atoms with Crippen molar-refractivity contribution < 1.29 is 4.92 Å². The smallest absolute Gasteiger partial charge is 0.285 e. The first-order chi connectivity index (χ1) is 10.6. The van der Waals surface area contributed by atoms with E-state index < -0.39 is 4.92 Å². The second-order valence-corrected chi connectivity index (χ2v) is 5.12. The minimum atomic E-state index is -0.534. The lowest BCUT2D eigenvalue weighted by Crippen LogP contribution is -2.19. The predicted molar refractivity (Wildman–Crippen MR) is 83.2 cm³/mol. The molecule has 0 aliphatic rings. The molecule has 0 spiro atoms. The average Bonchev–Trinajstić information content (AvgIpc) is 2.52. The van der Waals surface area contributed by atoms with Gasteiger partial charge in [0.2, 0.25) is 0 Å². The molecule has 0 radical (unpaired) electrons. The van der Waals surface area contributed by atoms with Crippen LogP contribution in [0.5, 0.6) is 0 Å².